The van der Waals surface area contributed by atoms with Crippen LogP contribution in [0.3, 0.4) is 0 Å². The maximum Gasteiger partial charge on any atom is 0.280 e. The summed E-state index contributed by atoms with van der Waals surface area (Å²) in [5, 5.41) is 0. The Morgan fingerprint density at radius 3 is 2.50 bits per heavy atom. The van der Waals surface area contributed by atoms with Gasteiger partial charge in [-0.15, -0.1) is 0 Å². The lowest BCUT2D eigenvalue weighted by Gasteiger charge is -2.03. The Hall–Kier alpha value is -1.36. The van der Waals surface area contributed by atoms with Gasteiger partial charge in [-0.2, -0.15) is 0 Å². The summed E-state index contributed by atoms with van der Waals surface area (Å²) >= 11 is 3.21. The number of hydrogen-bond donors (Lipinski definition) is 0. The number of nitrogens with zero attached hydrogens (tertiary/aromatic N) is 2. The molecule has 0 spiro atoms. The molecule has 0 saturated carbocycles. The molecule has 0 bridgehead atoms. The topological polar surface area (TPSA) is 25.8 Å². The van der Waals surface area contributed by atoms with Crippen LogP contribution < -0.4 is 0 Å². The standard InChI is InChI=1S/C11H7BrF2N2/c12-10-2-1-8(6-16-10)7-3-4-15-9(5-7)11(13)14/h1-6,11H. The first kappa shape index (κ1) is 11.1. The summed E-state index contributed by atoms with van der Waals surface area (Å²) in [5.41, 5.74) is 1.25. The highest BCUT2D eigenvalue weighted by Crippen LogP contribution is 2.24. The Labute approximate surface area is 99.5 Å². The highest BCUT2D eigenvalue weighted by Gasteiger charge is 2.09. The molecule has 0 radical (unpaired) electrons. The van der Waals surface area contributed by atoms with Gasteiger partial charge in [0.2, 0.25) is 0 Å². The number of hydrogen-bond acceptors (Lipinski definition) is 2. The first-order chi connectivity index (χ1) is 7.66. The van der Waals surface area contributed by atoms with Gasteiger partial charge in [-0.05, 0) is 39.7 Å². The normalized spacial score (nSPS) is 10.8. The molecule has 82 valence electrons. The number of pyridine rings is 2. The predicted molar refractivity (Wildman–Crippen MR) is 60.1 cm³/mol. The van der Waals surface area contributed by atoms with Crippen molar-refractivity contribution in [1.82, 2.24) is 9.97 Å². The lowest BCUT2D eigenvalue weighted by atomic mass is 10.1. The van der Waals surface area contributed by atoms with E-state index < -0.39 is 6.43 Å². The molecule has 0 saturated heterocycles. The van der Waals surface area contributed by atoms with Crippen molar-refractivity contribution < 1.29 is 8.78 Å². The quantitative estimate of drug-likeness (QED) is 0.783. The zero-order valence-electron chi connectivity index (χ0n) is 8.07. The molecule has 0 aliphatic carbocycles. The third-order valence-corrected chi connectivity index (χ3v) is 2.53. The fourth-order valence-corrected chi connectivity index (χ4v) is 1.53. The van der Waals surface area contributed by atoms with Gasteiger partial charge in [-0.3, -0.25) is 4.98 Å². The van der Waals surface area contributed by atoms with Gasteiger partial charge in [-0.1, -0.05) is 6.07 Å². The SMILES string of the molecule is FC(F)c1cc(-c2ccc(Br)nc2)ccn1. The molecule has 0 atom stereocenters. The first-order valence-corrected chi connectivity index (χ1v) is 5.32. The molecule has 16 heavy (non-hydrogen) atoms. The van der Waals surface area contributed by atoms with Crippen molar-refractivity contribution in [3.05, 3.63) is 47.0 Å². The second-order valence-corrected chi connectivity index (χ2v) is 3.95. The Bertz CT molecular complexity index is 486. The monoisotopic (exact) mass is 284 g/mol. The van der Waals surface area contributed by atoms with Gasteiger partial charge in [0.05, 0.1) is 0 Å². The summed E-state index contributed by atoms with van der Waals surface area (Å²) in [6.45, 7) is 0. The van der Waals surface area contributed by atoms with Crippen LogP contribution in [0.1, 0.15) is 12.1 Å². The van der Waals surface area contributed by atoms with Gasteiger partial charge in [0.1, 0.15) is 10.3 Å². The molecule has 0 aliphatic heterocycles. The summed E-state index contributed by atoms with van der Waals surface area (Å²) in [6.07, 6.45) is 0.441. The van der Waals surface area contributed by atoms with Crippen LogP contribution in [0, 0.1) is 0 Å². The lowest BCUT2D eigenvalue weighted by molar-refractivity contribution is 0.146. The summed E-state index contributed by atoms with van der Waals surface area (Å²) in [5.74, 6) is 0. The van der Waals surface area contributed by atoms with E-state index in [0.717, 1.165) is 5.56 Å². The predicted octanol–water partition coefficient (Wildman–Crippen LogP) is 3.84. The molecule has 2 nitrogen and oxygen atoms in total. The summed E-state index contributed by atoms with van der Waals surface area (Å²) in [4.78, 5) is 7.64. The number of alkyl halides is 2. The molecule has 5 heteroatoms. The third kappa shape index (κ3) is 2.41. The molecule has 0 fully saturated rings. The summed E-state index contributed by atoms with van der Waals surface area (Å²) in [6, 6.07) is 6.62. The Balaban J connectivity index is 2.40. The Morgan fingerprint density at radius 1 is 1.06 bits per heavy atom. The average Bonchev–Trinajstić information content (AvgIpc) is 2.30. The van der Waals surface area contributed by atoms with E-state index in [-0.39, 0.29) is 5.69 Å². The van der Waals surface area contributed by atoms with Crippen LogP contribution in [0.2, 0.25) is 0 Å². The van der Waals surface area contributed by atoms with E-state index in [2.05, 4.69) is 25.9 Å². The fraction of sp³-hybridized carbons (Fsp3) is 0.0909. The van der Waals surface area contributed by atoms with Crippen molar-refractivity contribution in [2.24, 2.45) is 0 Å². The minimum Gasteiger partial charge on any atom is -0.255 e. The molecule has 0 N–H and O–H groups in total. The molecule has 2 rings (SSSR count). The van der Waals surface area contributed by atoms with Crippen LogP contribution in [0.25, 0.3) is 11.1 Å². The minimum absolute atomic E-state index is 0.222. The lowest BCUT2D eigenvalue weighted by Crippen LogP contribution is -1.90. The van der Waals surface area contributed by atoms with E-state index in [1.165, 1.54) is 12.3 Å². The third-order valence-electron chi connectivity index (χ3n) is 2.07. The van der Waals surface area contributed by atoms with E-state index in [0.29, 0.717) is 10.2 Å². The molecular formula is C11H7BrF2N2. The Kier molecular flexibility index (Phi) is 3.24. The molecule has 2 aromatic rings. The Morgan fingerprint density at radius 2 is 1.88 bits per heavy atom. The van der Waals surface area contributed by atoms with Crippen LogP contribution >= 0.6 is 15.9 Å². The molecule has 0 aliphatic rings. The summed E-state index contributed by atoms with van der Waals surface area (Å²) < 4.78 is 25.6. The van der Waals surface area contributed by atoms with Gasteiger partial charge in [-0.25, -0.2) is 13.8 Å². The fourth-order valence-electron chi connectivity index (χ4n) is 1.29. The van der Waals surface area contributed by atoms with Crippen molar-refractivity contribution in [2.75, 3.05) is 0 Å². The van der Waals surface area contributed by atoms with Crippen molar-refractivity contribution >= 4 is 15.9 Å². The summed E-state index contributed by atoms with van der Waals surface area (Å²) in [7, 11) is 0. The van der Waals surface area contributed by atoms with Crippen LogP contribution in [-0.4, -0.2) is 9.97 Å². The van der Waals surface area contributed by atoms with E-state index in [9.17, 15) is 8.78 Å². The van der Waals surface area contributed by atoms with Crippen LogP contribution in [0.15, 0.2) is 41.3 Å². The minimum atomic E-state index is -2.55. The zero-order chi connectivity index (χ0) is 11.5. The van der Waals surface area contributed by atoms with Crippen molar-refractivity contribution in [3.8, 4) is 11.1 Å². The molecule has 2 aromatic heterocycles. The van der Waals surface area contributed by atoms with Crippen molar-refractivity contribution in [2.45, 2.75) is 6.43 Å². The highest BCUT2D eigenvalue weighted by molar-refractivity contribution is 9.10. The zero-order valence-corrected chi connectivity index (χ0v) is 9.66. The molecule has 0 aromatic carbocycles. The van der Waals surface area contributed by atoms with Gasteiger partial charge >= 0.3 is 0 Å². The van der Waals surface area contributed by atoms with Crippen molar-refractivity contribution in [1.29, 1.82) is 0 Å². The second-order valence-electron chi connectivity index (χ2n) is 3.14. The van der Waals surface area contributed by atoms with Crippen molar-refractivity contribution in [3.63, 3.8) is 0 Å². The number of rotatable bonds is 2. The maximum atomic E-state index is 12.4. The molecule has 0 amide bonds. The largest absolute Gasteiger partial charge is 0.280 e. The smallest absolute Gasteiger partial charge is 0.255 e. The maximum absolute atomic E-state index is 12.4. The molecule has 2 heterocycles. The van der Waals surface area contributed by atoms with Gasteiger partial charge in [0.25, 0.3) is 6.43 Å². The van der Waals surface area contributed by atoms with E-state index in [4.69, 9.17) is 0 Å². The van der Waals surface area contributed by atoms with Gasteiger partial charge < -0.3 is 0 Å². The van der Waals surface area contributed by atoms with E-state index in [1.54, 1.807) is 18.3 Å². The van der Waals surface area contributed by atoms with Gasteiger partial charge in [0, 0.05) is 18.0 Å². The number of halogens is 3. The van der Waals surface area contributed by atoms with Crippen LogP contribution in [-0.2, 0) is 0 Å². The second kappa shape index (κ2) is 4.65. The molecular weight excluding hydrogens is 278 g/mol. The van der Waals surface area contributed by atoms with E-state index in [1.807, 2.05) is 6.07 Å². The average molecular weight is 285 g/mol. The highest BCUT2D eigenvalue weighted by atomic mass is 79.9. The van der Waals surface area contributed by atoms with Crippen LogP contribution in [0.4, 0.5) is 8.78 Å². The van der Waals surface area contributed by atoms with E-state index >= 15 is 0 Å². The molecule has 0 unspecified atom stereocenters. The van der Waals surface area contributed by atoms with Crippen LogP contribution in [0.5, 0.6) is 0 Å². The number of aromatic nitrogens is 2. The van der Waals surface area contributed by atoms with Gasteiger partial charge in [0.15, 0.2) is 0 Å². The first-order valence-electron chi connectivity index (χ1n) is 4.53.